The molecule has 0 aromatic heterocycles. The second-order valence-electron chi connectivity index (χ2n) is 2.97. The monoisotopic (exact) mass is 183 g/mol. The molecule has 0 aromatic carbocycles. The van der Waals surface area contributed by atoms with Crippen molar-refractivity contribution in [3.05, 3.63) is 17.9 Å². The molecule has 1 amide bonds. The molecule has 0 fully saturated rings. The average molecular weight is 183 g/mol. The van der Waals surface area contributed by atoms with Gasteiger partial charge in [0.15, 0.2) is 0 Å². The molecule has 0 aliphatic rings. The quantitative estimate of drug-likeness (QED) is 0.377. The van der Waals surface area contributed by atoms with Crippen molar-refractivity contribution in [3.8, 4) is 0 Å². The maximum Gasteiger partial charge on any atom is 0.281 e. The maximum atomic E-state index is 11.6. The highest BCUT2D eigenvalue weighted by Gasteiger charge is 2.17. The Kier molecular flexibility index (Phi) is 5.12. The molecule has 0 atom stereocenters. The van der Waals surface area contributed by atoms with Crippen LogP contribution in [0, 0.1) is 5.92 Å². The zero-order chi connectivity index (χ0) is 10.4. The third kappa shape index (κ3) is 3.45. The third-order valence-electron chi connectivity index (χ3n) is 1.61. The molecule has 0 aliphatic carbocycles. The Morgan fingerprint density at radius 3 is 2.46 bits per heavy atom. The van der Waals surface area contributed by atoms with E-state index in [0.717, 1.165) is 0 Å². The van der Waals surface area contributed by atoms with Crippen LogP contribution in [0.25, 0.3) is 0 Å². The lowest BCUT2D eigenvalue weighted by atomic mass is 10.0. The number of hydroxylamine groups is 2. The van der Waals surface area contributed by atoms with Gasteiger partial charge in [0.1, 0.15) is 0 Å². The van der Waals surface area contributed by atoms with E-state index < -0.39 is 0 Å². The lowest BCUT2D eigenvalue weighted by molar-refractivity contribution is -0.172. The zero-order valence-electron chi connectivity index (χ0n) is 8.76. The normalized spacial score (nSPS) is 9.62. The molecule has 13 heavy (non-hydrogen) atoms. The van der Waals surface area contributed by atoms with Gasteiger partial charge in [0.05, 0.1) is 12.2 Å². The molecule has 0 saturated carbocycles. The minimum atomic E-state index is -0.174. The first-order valence-electron chi connectivity index (χ1n) is 4.35. The van der Waals surface area contributed by atoms with Gasteiger partial charge in [0.2, 0.25) is 0 Å². The van der Waals surface area contributed by atoms with Crippen LogP contribution in [-0.2, 0) is 9.63 Å². The van der Waals surface area contributed by atoms with E-state index in [0.29, 0.717) is 12.2 Å². The summed E-state index contributed by atoms with van der Waals surface area (Å²) in [5.41, 5.74) is 3.19. The van der Waals surface area contributed by atoms with Gasteiger partial charge < -0.3 is 0 Å². The van der Waals surface area contributed by atoms with Gasteiger partial charge in [-0.1, -0.05) is 20.4 Å². The van der Waals surface area contributed by atoms with Crippen molar-refractivity contribution in [1.29, 1.82) is 0 Å². The lowest BCUT2D eigenvalue weighted by Gasteiger charge is -2.17. The van der Waals surface area contributed by atoms with E-state index in [2.05, 4.69) is 12.3 Å². The van der Waals surface area contributed by atoms with Crippen LogP contribution in [0.4, 0.5) is 0 Å². The van der Waals surface area contributed by atoms with E-state index in [1.54, 1.807) is 7.05 Å². The van der Waals surface area contributed by atoms with Crippen LogP contribution in [0.15, 0.2) is 17.9 Å². The van der Waals surface area contributed by atoms with Crippen LogP contribution in [0.5, 0.6) is 0 Å². The predicted octanol–water partition coefficient (Wildman–Crippen LogP) is 1.76. The molecule has 0 spiro atoms. The first-order valence-corrected chi connectivity index (χ1v) is 4.35. The molecule has 0 radical (unpaired) electrons. The summed E-state index contributed by atoms with van der Waals surface area (Å²) in [6.45, 7) is 9.63. The van der Waals surface area contributed by atoms with Crippen LogP contribution in [-0.4, -0.2) is 24.6 Å². The molecule has 0 aliphatic heterocycles. The molecule has 74 valence electrons. The number of likely N-dealkylation sites (N-methyl/N-ethyl adjacent to an activating group) is 1. The molecule has 0 N–H and O–H groups in total. The molecule has 0 aromatic rings. The van der Waals surface area contributed by atoms with Crippen molar-refractivity contribution in [1.82, 2.24) is 5.06 Å². The van der Waals surface area contributed by atoms with Crippen molar-refractivity contribution in [3.63, 3.8) is 0 Å². The molecule has 3 heteroatoms. The largest absolute Gasteiger partial charge is 0.281 e. The number of hydrogen-bond acceptors (Lipinski definition) is 2. The van der Waals surface area contributed by atoms with Gasteiger partial charge in [-0.25, -0.2) is 5.06 Å². The Morgan fingerprint density at radius 2 is 2.15 bits per heavy atom. The molecule has 0 bridgehead atoms. The molecular formula is C10H17NO2. The number of carbonyl (C=O) groups excluding carboxylic acids is 1. The number of rotatable bonds is 4. The summed E-state index contributed by atoms with van der Waals surface area (Å²) >= 11 is 0. The summed E-state index contributed by atoms with van der Waals surface area (Å²) in [7, 11) is 1.59. The Morgan fingerprint density at radius 1 is 1.62 bits per heavy atom. The fourth-order valence-corrected chi connectivity index (χ4v) is 0.949. The molecular weight excluding hydrogens is 166 g/mol. The fraction of sp³-hybridized carbons (Fsp3) is 0.600. The summed E-state index contributed by atoms with van der Waals surface area (Å²) in [4.78, 5) is 16.6. The summed E-state index contributed by atoms with van der Waals surface area (Å²) in [6.07, 6.45) is 0. The average Bonchev–Trinajstić information content (AvgIpc) is 2.05. The van der Waals surface area contributed by atoms with Crippen LogP contribution in [0.2, 0.25) is 0 Å². The second-order valence-corrected chi connectivity index (χ2v) is 2.97. The van der Waals surface area contributed by atoms with E-state index in [9.17, 15) is 4.79 Å². The summed E-state index contributed by atoms with van der Waals surface area (Å²) in [5, 5.41) is 1.22. The summed E-state index contributed by atoms with van der Waals surface area (Å²) in [6, 6.07) is 0. The standard InChI is InChI=1S/C10H17NO2/c1-6-9(8(3)4)10(12)11(5)13-7-2/h8H,1,7H2,2-5H3. The number of hydrogen-bond donors (Lipinski definition) is 0. The Hall–Kier alpha value is -1.05. The number of amides is 1. The van der Waals surface area contributed by atoms with E-state index in [-0.39, 0.29) is 11.8 Å². The van der Waals surface area contributed by atoms with Crippen molar-refractivity contribution in [2.24, 2.45) is 5.92 Å². The van der Waals surface area contributed by atoms with Crippen LogP contribution >= 0.6 is 0 Å². The van der Waals surface area contributed by atoms with Crippen molar-refractivity contribution >= 4 is 5.91 Å². The van der Waals surface area contributed by atoms with Gasteiger partial charge in [0, 0.05) is 7.05 Å². The molecule has 0 heterocycles. The van der Waals surface area contributed by atoms with Gasteiger partial charge in [-0.3, -0.25) is 9.63 Å². The molecule has 0 saturated heterocycles. The topological polar surface area (TPSA) is 29.5 Å². The van der Waals surface area contributed by atoms with Crippen LogP contribution in [0.1, 0.15) is 20.8 Å². The van der Waals surface area contributed by atoms with E-state index in [4.69, 9.17) is 4.84 Å². The number of carbonyl (C=O) groups is 1. The van der Waals surface area contributed by atoms with Crippen LogP contribution < -0.4 is 0 Å². The Labute approximate surface area is 79.6 Å². The van der Waals surface area contributed by atoms with E-state index in [1.807, 2.05) is 20.8 Å². The van der Waals surface area contributed by atoms with Gasteiger partial charge in [-0.15, -0.1) is 5.73 Å². The van der Waals surface area contributed by atoms with Gasteiger partial charge in [-0.05, 0) is 12.8 Å². The first kappa shape index (κ1) is 11.9. The Balaban J connectivity index is 4.48. The van der Waals surface area contributed by atoms with E-state index >= 15 is 0 Å². The number of nitrogens with zero attached hydrogens (tertiary/aromatic N) is 1. The van der Waals surface area contributed by atoms with Crippen molar-refractivity contribution < 1.29 is 9.63 Å². The predicted molar refractivity (Wildman–Crippen MR) is 51.9 cm³/mol. The highest BCUT2D eigenvalue weighted by Crippen LogP contribution is 2.10. The maximum absolute atomic E-state index is 11.6. The zero-order valence-corrected chi connectivity index (χ0v) is 8.76. The minimum absolute atomic E-state index is 0.118. The van der Waals surface area contributed by atoms with E-state index in [1.165, 1.54) is 5.06 Å². The van der Waals surface area contributed by atoms with Gasteiger partial charge >= 0.3 is 0 Å². The summed E-state index contributed by atoms with van der Waals surface area (Å²) in [5.74, 6) is -0.0558. The highest BCUT2D eigenvalue weighted by molar-refractivity contribution is 5.92. The van der Waals surface area contributed by atoms with Crippen molar-refractivity contribution in [2.75, 3.05) is 13.7 Å². The smallest absolute Gasteiger partial charge is 0.271 e. The SMILES string of the molecule is C=C=C(C(=O)N(C)OCC)C(C)C. The Bertz CT molecular complexity index is 227. The molecule has 3 nitrogen and oxygen atoms in total. The lowest BCUT2D eigenvalue weighted by Crippen LogP contribution is -2.29. The summed E-state index contributed by atoms with van der Waals surface area (Å²) < 4.78 is 0. The van der Waals surface area contributed by atoms with Gasteiger partial charge in [0.25, 0.3) is 5.91 Å². The minimum Gasteiger partial charge on any atom is -0.271 e. The van der Waals surface area contributed by atoms with Gasteiger partial charge in [-0.2, -0.15) is 0 Å². The molecule has 0 unspecified atom stereocenters. The fourth-order valence-electron chi connectivity index (χ4n) is 0.949. The van der Waals surface area contributed by atoms with Crippen molar-refractivity contribution in [2.45, 2.75) is 20.8 Å². The third-order valence-corrected chi connectivity index (χ3v) is 1.61. The second kappa shape index (κ2) is 5.57. The van der Waals surface area contributed by atoms with Crippen LogP contribution in [0.3, 0.4) is 0 Å². The first-order chi connectivity index (χ1) is 6.04. The highest BCUT2D eigenvalue weighted by atomic mass is 16.7. The molecule has 0 rings (SSSR count).